The number of phenolic OH excluding ortho intramolecular Hbond substituents is 1. The van der Waals surface area contributed by atoms with Crippen LogP contribution < -0.4 is 20.3 Å². The van der Waals surface area contributed by atoms with Gasteiger partial charge in [0, 0.05) is 37.0 Å². The summed E-state index contributed by atoms with van der Waals surface area (Å²) >= 11 is 0. The number of benzene rings is 1. The lowest BCUT2D eigenvalue weighted by Crippen LogP contribution is -2.17. The molecule has 1 aliphatic heterocycles. The lowest BCUT2D eigenvalue weighted by molar-refractivity contribution is 0.174. The molecule has 6 heteroatoms. The van der Waals surface area contributed by atoms with Crippen LogP contribution in [0.2, 0.25) is 0 Å². The zero-order valence-electron chi connectivity index (χ0n) is 11.6. The molecule has 3 rings (SSSR count). The third kappa shape index (κ3) is 2.65. The molecule has 0 bridgehead atoms. The Balaban J connectivity index is 1.77. The number of phenols is 1. The average Bonchev–Trinajstić information content (AvgIpc) is 2.93. The molecule has 0 unspecified atom stereocenters. The van der Waals surface area contributed by atoms with Crippen LogP contribution in [-0.4, -0.2) is 16.5 Å². The van der Waals surface area contributed by atoms with Crippen molar-refractivity contribution in [1.82, 2.24) is 4.57 Å². The Hall–Kier alpha value is -2.63. The van der Waals surface area contributed by atoms with Crippen LogP contribution in [0, 0.1) is 0 Å². The summed E-state index contributed by atoms with van der Waals surface area (Å²) in [5.41, 5.74) is 1.48. The predicted octanol–water partition coefficient (Wildman–Crippen LogP) is 1.91. The van der Waals surface area contributed by atoms with Crippen LogP contribution in [0.1, 0.15) is 12.5 Å². The van der Waals surface area contributed by atoms with E-state index in [1.54, 1.807) is 29.0 Å². The maximum absolute atomic E-state index is 11.5. The number of pyridine rings is 1. The highest BCUT2D eigenvalue weighted by atomic mass is 16.7. The molecule has 0 radical (unpaired) electrons. The van der Waals surface area contributed by atoms with E-state index >= 15 is 0 Å². The minimum atomic E-state index is -0.0334. The number of anilines is 1. The normalized spacial score (nSPS) is 12.4. The summed E-state index contributed by atoms with van der Waals surface area (Å²) in [6, 6.07) is 6.54. The molecule has 0 spiro atoms. The molecule has 0 saturated heterocycles. The van der Waals surface area contributed by atoms with E-state index in [-0.39, 0.29) is 18.1 Å². The van der Waals surface area contributed by atoms with Gasteiger partial charge in [0.25, 0.3) is 5.56 Å². The van der Waals surface area contributed by atoms with Crippen molar-refractivity contribution < 1.29 is 14.6 Å². The molecule has 0 fully saturated rings. The Bertz CT molecular complexity index is 724. The maximum Gasteiger partial charge on any atom is 0.250 e. The molecule has 21 heavy (non-hydrogen) atoms. The molecule has 1 aromatic heterocycles. The van der Waals surface area contributed by atoms with E-state index in [0.29, 0.717) is 30.2 Å². The van der Waals surface area contributed by atoms with Crippen molar-refractivity contribution in [3.05, 3.63) is 46.4 Å². The summed E-state index contributed by atoms with van der Waals surface area (Å²) in [7, 11) is 0. The Kier molecular flexibility index (Phi) is 3.43. The quantitative estimate of drug-likeness (QED) is 0.899. The van der Waals surface area contributed by atoms with Gasteiger partial charge in [0.1, 0.15) is 5.75 Å². The standard InChI is InChI=1S/C15H16N2O4/c1-2-17-8-11(3-4-15(17)19)16-7-10-5-13-14(6-12(10)18)21-9-20-13/h3-6,8,16,18H,2,7,9H2,1H3. The van der Waals surface area contributed by atoms with E-state index in [0.717, 1.165) is 5.69 Å². The molecule has 0 amide bonds. The van der Waals surface area contributed by atoms with Gasteiger partial charge < -0.3 is 24.5 Å². The Morgan fingerprint density at radius 2 is 2.05 bits per heavy atom. The van der Waals surface area contributed by atoms with Gasteiger partial charge in [-0.3, -0.25) is 4.79 Å². The first-order chi connectivity index (χ1) is 10.2. The van der Waals surface area contributed by atoms with Crippen LogP contribution in [-0.2, 0) is 13.1 Å². The van der Waals surface area contributed by atoms with Crippen LogP contribution in [0.25, 0.3) is 0 Å². The minimum Gasteiger partial charge on any atom is -0.507 e. The van der Waals surface area contributed by atoms with Gasteiger partial charge in [-0.2, -0.15) is 0 Å². The molecule has 2 aromatic rings. The number of rotatable bonds is 4. The first-order valence-electron chi connectivity index (χ1n) is 6.73. The van der Waals surface area contributed by atoms with Gasteiger partial charge in [-0.25, -0.2) is 0 Å². The molecule has 0 atom stereocenters. The number of aromatic hydroxyl groups is 1. The van der Waals surface area contributed by atoms with Gasteiger partial charge in [0.15, 0.2) is 11.5 Å². The zero-order chi connectivity index (χ0) is 14.8. The number of nitrogens with one attached hydrogen (secondary N) is 1. The van der Waals surface area contributed by atoms with Crippen LogP contribution in [0.3, 0.4) is 0 Å². The molecule has 1 aromatic carbocycles. The fraction of sp³-hybridized carbons (Fsp3) is 0.267. The Labute approximate surface area is 121 Å². The van der Waals surface area contributed by atoms with Crippen LogP contribution >= 0.6 is 0 Å². The summed E-state index contributed by atoms with van der Waals surface area (Å²) < 4.78 is 12.1. The largest absolute Gasteiger partial charge is 0.507 e. The SMILES string of the molecule is CCn1cc(NCc2cc3c(cc2O)OCO3)ccc1=O. The molecular formula is C15H16N2O4. The molecule has 6 nitrogen and oxygen atoms in total. The monoisotopic (exact) mass is 288 g/mol. The first-order valence-corrected chi connectivity index (χ1v) is 6.73. The predicted molar refractivity (Wildman–Crippen MR) is 77.9 cm³/mol. The number of hydrogen-bond donors (Lipinski definition) is 2. The zero-order valence-corrected chi connectivity index (χ0v) is 11.6. The fourth-order valence-electron chi connectivity index (χ4n) is 2.20. The third-order valence-electron chi connectivity index (χ3n) is 3.38. The minimum absolute atomic E-state index is 0.0334. The molecule has 110 valence electrons. The molecule has 1 aliphatic rings. The van der Waals surface area contributed by atoms with E-state index in [9.17, 15) is 9.90 Å². The maximum atomic E-state index is 11.5. The van der Waals surface area contributed by atoms with Crippen molar-refractivity contribution in [2.45, 2.75) is 20.0 Å². The highest BCUT2D eigenvalue weighted by Crippen LogP contribution is 2.37. The molecule has 0 saturated carbocycles. The smallest absolute Gasteiger partial charge is 0.250 e. The Morgan fingerprint density at radius 1 is 1.29 bits per heavy atom. The summed E-state index contributed by atoms with van der Waals surface area (Å²) in [5, 5.41) is 13.1. The summed E-state index contributed by atoms with van der Waals surface area (Å²) in [6.45, 7) is 3.12. The van der Waals surface area contributed by atoms with E-state index < -0.39 is 0 Å². The van der Waals surface area contributed by atoms with Crippen molar-refractivity contribution in [3.8, 4) is 17.2 Å². The number of aromatic nitrogens is 1. The highest BCUT2D eigenvalue weighted by molar-refractivity contribution is 5.52. The number of fused-ring (bicyclic) bond motifs is 1. The fourth-order valence-corrected chi connectivity index (χ4v) is 2.20. The topological polar surface area (TPSA) is 72.7 Å². The molecule has 0 aliphatic carbocycles. The molecular weight excluding hydrogens is 272 g/mol. The van der Waals surface area contributed by atoms with E-state index in [1.165, 1.54) is 6.07 Å². The van der Waals surface area contributed by atoms with E-state index in [1.807, 2.05) is 6.92 Å². The number of aryl methyl sites for hydroxylation is 1. The third-order valence-corrected chi connectivity index (χ3v) is 3.38. The number of hydrogen-bond acceptors (Lipinski definition) is 5. The molecule has 2 N–H and O–H groups in total. The van der Waals surface area contributed by atoms with Gasteiger partial charge in [-0.15, -0.1) is 0 Å². The summed E-state index contributed by atoms with van der Waals surface area (Å²) in [4.78, 5) is 11.5. The van der Waals surface area contributed by atoms with Crippen LogP contribution in [0.5, 0.6) is 17.2 Å². The summed E-state index contributed by atoms with van der Waals surface area (Å²) in [6.07, 6.45) is 1.76. The molecule has 2 heterocycles. The van der Waals surface area contributed by atoms with Crippen LogP contribution in [0.15, 0.2) is 35.3 Å². The number of ether oxygens (including phenoxy) is 2. The second-order valence-corrected chi connectivity index (χ2v) is 4.73. The average molecular weight is 288 g/mol. The Morgan fingerprint density at radius 3 is 2.81 bits per heavy atom. The van der Waals surface area contributed by atoms with Gasteiger partial charge >= 0.3 is 0 Å². The van der Waals surface area contributed by atoms with Crippen molar-refractivity contribution in [2.24, 2.45) is 0 Å². The van der Waals surface area contributed by atoms with E-state index in [2.05, 4.69) is 5.32 Å². The highest BCUT2D eigenvalue weighted by Gasteiger charge is 2.16. The van der Waals surface area contributed by atoms with Crippen molar-refractivity contribution >= 4 is 5.69 Å². The van der Waals surface area contributed by atoms with Crippen molar-refractivity contribution in [2.75, 3.05) is 12.1 Å². The van der Waals surface area contributed by atoms with E-state index in [4.69, 9.17) is 9.47 Å². The van der Waals surface area contributed by atoms with Gasteiger partial charge in [-0.05, 0) is 19.1 Å². The van der Waals surface area contributed by atoms with Crippen molar-refractivity contribution in [3.63, 3.8) is 0 Å². The van der Waals surface area contributed by atoms with Gasteiger partial charge in [0.2, 0.25) is 6.79 Å². The lowest BCUT2D eigenvalue weighted by atomic mass is 10.1. The second-order valence-electron chi connectivity index (χ2n) is 4.73. The lowest BCUT2D eigenvalue weighted by Gasteiger charge is -2.10. The van der Waals surface area contributed by atoms with Gasteiger partial charge in [0.05, 0.1) is 5.69 Å². The van der Waals surface area contributed by atoms with Gasteiger partial charge in [-0.1, -0.05) is 0 Å². The number of nitrogens with zero attached hydrogens (tertiary/aromatic N) is 1. The first kappa shape index (κ1) is 13.4. The summed E-state index contributed by atoms with van der Waals surface area (Å²) in [5.74, 6) is 1.33. The van der Waals surface area contributed by atoms with Crippen molar-refractivity contribution in [1.29, 1.82) is 0 Å². The second kappa shape index (κ2) is 5.40. The van der Waals surface area contributed by atoms with Crippen LogP contribution in [0.4, 0.5) is 5.69 Å².